The molecular weight excluding hydrogens is 409 g/mol. The minimum atomic E-state index is -0.473. The van der Waals surface area contributed by atoms with Gasteiger partial charge in [-0.1, -0.05) is 35.3 Å². The standard InChI is InChI=1S/C18H17Cl2N3O3S/c1-26-7-6-21-17(25)14-4-2-3-5-15(14)22-18(27)23-16(24)11-8-12(19)10-13(20)9-11/h2-5,8-10H,6-7H2,1H3,(H,21,25)(H2,22,23,24,27). The molecular formula is C18H17Cl2N3O3S. The normalized spacial score (nSPS) is 10.2. The van der Waals surface area contributed by atoms with Gasteiger partial charge in [-0.2, -0.15) is 0 Å². The Balaban J connectivity index is 2.05. The highest BCUT2D eigenvalue weighted by molar-refractivity contribution is 7.80. The van der Waals surface area contributed by atoms with Crippen molar-refractivity contribution in [3.8, 4) is 0 Å². The first-order valence-corrected chi connectivity index (χ1v) is 9.01. The van der Waals surface area contributed by atoms with Crippen LogP contribution >= 0.6 is 35.4 Å². The van der Waals surface area contributed by atoms with E-state index in [0.29, 0.717) is 34.4 Å². The summed E-state index contributed by atoms with van der Waals surface area (Å²) in [5.74, 6) is -0.759. The van der Waals surface area contributed by atoms with Crippen molar-refractivity contribution >= 4 is 58.0 Å². The summed E-state index contributed by atoms with van der Waals surface area (Å²) in [5, 5.41) is 8.82. The fourth-order valence-electron chi connectivity index (χ4n) is 2.17. The molecule has 0 heterocycles. The number of ether oxygens (including phenoxy) is 1. The van der Waals surface area contributed by atoms with Crippen LogP contribution in [-0.4, -0.2) is 37.2 Å². The van der Waals surface area contributed by atoms with E-state index < -0.39 is 5.91 Å². The van der Waals surface area contributed by atoms with Gasteiger partial charge < -0.3 is 15.4 Å². The van der Waals surface area contributed by atoms with Gasteiger partial charge in [-0.25, -0.2) is 0 Å². The Kier molecular flexibility index (Phi) is 7.99. The molecule has 0 aliphatic rings. The Bertz CT molecular complexity index is 841. The Morgan fingerprint density at radius 2 is 1.74 bits per heavy atom. The van der Waals surface area contributed by atoms with Crippen molar-refractivity contribution in [3.63, 3.8) is 0 Å². The minimum Gasteiger partial charge on any atom is -0.383 e. The Hall–Kier alpha value is -2.19. The van der Waals surface area contributed by atoms with Crippen molar-refractivity contribution in [2.24, 2.45) is 0 Å². The van der Waals surface area contributed by atoms with Gasteiger partial charge in [-0.15, -0.1) is 0 Å². The van der Waals surface area contributed by atoms with Gasteiger partial charge in [-0.3, -0.25) is 14.9 Å². The van der Waals surface area contributed by atoms with Crippen molar-refractivity contribution in [1.29, 1.82) is 0 Å². The second-order valence-corrected chi connectivity index (χ2v) is 6.64. The molecule has 0 spiro atoms. The number of amides is 2. The quantitative estimate of drug-likeness (QED) is 0.487. The van der Waals surface area contributed by atoms with Crippen LogP contribution in [0.4, 0.5) is 5.69 Å². The molecule has 0 radical (unpaired) electrons. The third kappa shape index (κ3) is 6.48. The highest BCUT2D eigenvalue weighted by Crippen LogP contribution is 2.19. The van der Waals surface area contributed by atoms with E-state index in [-0.39, 0.29) is 16.6 Å². The van der Waals surface area contributed by atoms with E-state index >= 15 is 0 Å². The molecule has 0 aliphatic heterocycles. The van der Waals surface area contributed by atoms with Crippen LogP contribution in [0.2, 0.25) is 10.0 Å². The highest BCUT2D eigenvalue weighted by atomic mass is 35.5. The zero-order valence-electron chi connectivity index (χ0n) is 14.3. The first-order valence-electron chi connectivity index (χ1n) is 7.85. The van der Waals surface area contributed by atoms with Crippen LogP contribution in [0.15, 0.2) is 42.5 Å². The molecule has 142 valence electrons. The predicted octanol–water partition coefficient (Wildman–Crippen LogP) is 3.50. The summed E-state index contributed by atoms with van der Waals surface area (Å²) in [5.41, 5.74) is 1.11. The smallest absolute Gasteiger partial charge is 0.257 e. The maximum atomic E-state index is 12.3. The molecule has 0 aliphatic carbocycles. The molecule has 2 aromatic carbocycles. The van der Waals surface area contributed by atoms with Crippen molar-refractivity contribution in [3.05, 3.63) is 63.6 Å². The van der Waals surface area contributed by atoms with Gasteiger partial charge >= 0.3 is 0 Å². The van der Waals surface area contributed by atoms with Gasteiger partial charge in [0.2, 0.25) is 0 Å². The van der Waals surface area contributed by atoms with Crippen LogP contribution < -0.4 is 16.0 Å². The molecule has 9 heteroatoms. The highest BCUT2D eigenvalue weighted by Gasteiger charge is 2.14. The molecule has 2 rings (SSSR count). The number of anilines is 1. The van der Waals surface area contributed by atoms with Crippen molar-refractivity contribution in [1.82, 2.24) is 10.6 Å². The molecule has 2 amide bonds. The number of carbonyl (C=O) groups excluding carboxylic acids is 2. The number of methoxy groups -OCH3 is 1. The number of hydrogen-bond acceptors (Lipinski definition) is 4. The van der Waals surface area contributed by atoms with E-state index in [1.807, 2.05) is 0 Å². The molecule has 0 saturated heterocycles. The molecule has 6 nitrogen and oxygen atoms in total. The van der Waals surface area contributed by atoms with Gasteiger partial charge in [0.25, 0.3) is 11.8 Å². The zero-order chi connectivity index (χ0) is 19.8. The average Bonchev–Trinajstić information content (AvgIpc) is 2.61. The summed E-state index contributed by atoms with van der Waals surface area (Å²) in [6, 6.07) is 11.3. The predicted molar refractivity (Wildman–Crippen MR) is 111 cm³/mol. The van der Waals surface area contributed by atoms with Crippen LogP contribution in [0.5, 0.6) is 0 Å². The minimum absolute atomic E-state index is 0.0354. The number of rotatable bonds is 6. The molecule has 0 fully saturated rings. The summed E-state index contributed by atoms with van der Waals surface area (Å²) in [6.45, 7) is 0.776. The van der Waals surface area contributed by atoms with Crippen LogP contribution in [0.25, 0.3) is 0 Å². The summed E-state index contributed by atoms with van der Waals surface area (Å²) < 4.78 is 4.91. The lowest BCUT2D eigenvalue weighted by molar-refractivity contribution is 0.0937. The third-order valence-electron chi connectivity index (χ3n) is 3.36. The Morgan fingerprint density at radius 1 is 1.07 bits per heavy atom. The maximum absolute atomic E-state index is 12.3. The number of para-hydroxylation sites is 1. The third-order valence-corrected chi connectivity index (χ3v) is 4.00. The lowest BCUT2D eigenvalue weighted by Gasteiger charge is -2.13. The van der Waals surface area contributed by atoms with Gasteiger partial charge in [-0.05, 0) is 42.5 Å². The van der Waals surface area contributed by atoms with Gasteiger partial charge in [0.05, 0.1) is 17.9 Å². The maximum Gasteiger partial charge on any atom is 0.257 e. The number of nitrogens with one attached hydrogen (secondary N) is 3. The summed E-state index contributed by atoms with van der Waals surface area (Å²) in [7, 11) is 1.55. The first-order chi connectivity index (χ1) is 12.9. The molecule has 27 heavy (non-hydrogen) atoms. The van der Waals surface area contributed by atoms with Crippen molar-refractivity contribution in [2.75, 3.05) is 25.6 Å². The summed E-state index contributed by atoms with van der Waals surface area (Å²) >= 11 is 17.0. The van der Waals surface area contributed by atoms with Crippen molar-refractivity contribution < 1.29 is 14.3 Å². The second kappa shape index (κ2) is 10.2. The van der Waals surface area contributed by atoms with E-state index in [9.17, 15) is 9.59 Å². The molecule has 0 unspecified atom stereocenters. The van der Waals surface area contributed by atoms with E-state index in [0.717, 1.165) is 0 Å². The summed E-state index contributed by atoms with van der Waals surface area (Å²) in [4.78, 5) is 24.6. The van der Waals surface area contributed by atoms with E-state index in [1.165, 1.54) is 18.2 Å². The first kappa shape index (κ1) is 21.1. The fraction of sp³-hybridized carbons (Fsp3) is 0.167. The van der Waals surface area contributed by atoms with E-state index in [4.69, 9.17) is 40.2 Å². The lowest BCUT2D eigenvalue weighted by atomic mass is 10.1. The molecule has 0 atom stereocenters. The number of hydrogen-bond donors (Lipinski definition) is 3. The topological polar surface area (TPSA) is 79.5 Å². The van der Waals surface area contributed by atoms with Crippen molar-refractivity contribution in [2.45, 2.75) is 0 Å². The van der Waals surface area contributed by atoms with E-state index in [2.05, 4.69) is 16.0 Å². The van der Waals surface area contributed by atoms with Gasteiger partial charge in [0, 0.05) is 29.3 Å². The average molecular weight is 426 g/mol. The number of thiocarbonyl (C=S) groups is 1. The zero-order valence-corrected chi connectivity index (χ0v) is 16.7. The van der Waals surface area contributed by atoms with E-state index in [1.54, 1.807) is 31.4 Å². The van der Waals surface area contributed by atoms with Crippen LogP contribution in [0.3, 0.4) is 0 Å². The molecule has 0 aromatic heterocycles. The Morgan fingerprint density at radius 3 is 2.41 bits per heavy atom. The Labute approximate surface area is 172 Å². The number of halogens is 2. The summed E-state index contributed by atoms with van der Waals surface area (Å²) in [6.07, 6.45) is 0. The van der Waals surface area contributed by atoms with Gasteiger partial charge in [0.15, 0.2) is 5.11 Å². The lowest BCUT2D eigenvalue weighted by Crippen LogP contribution is -2.35. The fourth-order valence-corrected chi connectivity index (χ4v) is 2.89. The van der Waals surface area contributed by atoms with Gasteiger partial charge in [0.1, 0.15) is 0 Å². The van der Waals surface area contributed by atoms with Crippen LogP contribution in [-0.2, 0) is 4.74 Å². The molecule has 0 saturated carbocycles. The molecule has 0 bridgehead atoms. The molecule has 3 N–H and O–H groups in total. The van der Waals surface area contributed by atoms with Crippen LogP contribution in [0, 0.1) is 0 Å². The van der Waals surface area contributed by atoms with Crippen LogP contribution in [0.1, 0.15) is 20.7 Å². The number of carbonyl (C=O) groups is 2. The number of benzene rings is 2. The second-order valence-electron chi connectivity index (χ2n) is 5.36. The largest absolute Gasteiger partial charge is 0.383 e. The SMILES string of the molecule is COCCNC(=O)c1ccccc1NC(=S)NC(=O)c1cc(Cl)cc(Cl)c1. The monoisotopic (exact) mass is 425 g/mol. The molecule has 2 aromatic rings.